The van der Waals surface area contributed by atoms with Crippen molar-refractivity contribution >= 4 is 80.0 Å². The Kier molecular flexibility index (Phi) is 4.33. The van der Waals surface area contributed by atoms with Crippen LogP contribution in [0, 0.1) is 0 Å². The van der Waals surface area contributed by atoms with Crippen molar-refractivity contribution in [2.24, 2.45) is 0 Å². The van der Waals surface area contributed by atoms with Crippen LogP contribution in [0.1, 0.15) is 5.56 Å². The van der Waals surface area contributed by atoms with Crippen LogP contribution in [-0.4, -0.2) is 52.1 Å². The summed E-state index contributed by atoms with van der Waals surface area (Å²) in [6.45, 7) is 0. The molecule has 0 saturated carbocycles. The predicted molar refractivity (Wildman–Crippen MR) is 87.0 cm³/mol. The van der Waals surface area contributed by atoms with Crippen LogP contribution < -0.4 is 32.9 Å². The Morgan fingerprint density at radius 2 is 1.41 bits per heavy atom. The van der Waals surface area contributed by atoms with Gasteiger partial charge in [0.2, 0.25) is 0 Å². The van der Waals surface area contributed by atoms with Gasteiger partial charge in [0.25, 0.3) is 0 Å². The maximum atomic E-state index is 12.9. The van der Waals surface area contributed by atoms with Crippen LogP contribution in [0.25, 0.3) is 11.3 Å². The highest BCUT2D eigenvalue weighted by atomic mass is 19.4. The molecule has 0 amide bonds. The highest BCUT2D eigenvalue weighted by Gasteiger charge is 2.35. The van der Waals surface area contributed by atoms with Crippen LogP contribution >= 0.6 is 0 Å². The van der Waals surface area contributed by atoms with Gasteiger partial charge in [-0.3, -0.25) is 4.98 Å². The molecule has 12 radical (unpaired) electrons. The molecule has 2 aromatic rings. The molecule has 1 nitrogen and oxygen atoms in total. The molecule has 0 fully saturated rings. The molecule has 1 aromatic carbocycles. The largest absolute Gasteiger partial charge is 0.416 e. The number of hydrogen-bond acceptors (Lipinski definition) is 1. The van der Waals surface area contributed by atoms with Gasteiger partial charge in [0, 0.05) is 0 Å². The molecule has 1 aromatic heterocycles. The summed E-state index contributed by atoms with van der Waals surface area (Å²) in [5.41, 5.74) is -2.76. The number of hydrogen-bond donors (Lipinski definition) is 0. The van der Waals surface area contributed by atoms with Crippen LogP contribution in [0.3, 0.4) is 0 Å². The Bertz CT molecular complexity index is 760. The lowest BCUT2D eigenvalue weighted by molar-refractivity contribution is -0.135. The molecule has 0 aliphatic heterocycles. The lowest BCUT2D eigenvalue weighted by Gasteiger charge is -2.21. The van der Waals surface area contributed by atoms with Gasteiger partial charge in [-0.1, -0.05) is 34.0 Å². The van der Waals surface area contributed by atoms with Crippen LogP contribution in [-0.2, 0) is 6.18 Å². The fraction of sp³-hybridized carbons (Fsp3) is 0.0833. The van der Waals surface area contributed by atoms with Crippen LogP contribution in [0.15, 0.2) is 12.1 Å². The van der Waals surface area contributed by atoms with E-state index in [2.05, 4.69) is 4.98 Å². The van der Waals surface area contributed by atoms with E-state index < -0.39 is 28.3 Å². The lowest BCUT2D eigenvalue weighted by atomic mass is 9.69. The summed E-state index contributed by atoms with van der Waals surface area (Å²) < 4.78 is 38.7. The summed E-state index contributed by atoms with van der Waals surface area (Å²) in [6.07, 6.45) is -4.78. The smallest absolute Gasteiger partial charge is 0.264 e. The summed E-state index contributed by atoms with van der Waals surface area (Å²) in [5, 5.41) is 0. The molecule has 0 atom stereocenters. The SMILES string of the molecule is [B]c1cc([B])c([B])c(-c2nc([B])c(C(F)(F)F)c([B])c2[B])c1. The number of alkyl halides is 3. The van der Waals surface area contributed by atoms with E-state index in [1.165, 1.54) is 12.1 Å². The van der Waals surface area contributed by atoms with Gasteiger partial charge in [0.15, 0.2) is 0 Å². The van der Waals surface area contributed by atoms with E-state index in [1.807, 2.05) is 0 Å². The van der Waals surface area contributed by atoms with E-state index in [0.29, 0.717) is 0 Å². The predicted octanol–water partition coefficient (Wildman–Crippen LogP) is -3.47. The first-order valence-corrected chi connectivity index (χ1v) is 5.90. The average molecular weight is 282 g/mol. The molecule has 0 saturated heterocycles. The zero-order valence-corrected chi connectivity index (χ0v) is 11.2. The molecule has 0 aliphatic carbocycles. The van der Waals surface area contributed by atoms with E-state index in [4.69, 9.17) is 47.1 Å². The minimum atomic E-state index is -4.78. The molecule has 94 valence electrons. The second-order valence-corrected chi connectivity index (χ2v) is 4.62. The highest BCUT2D eigenvalue weighted by molar-refractivity contribution is 6.55. The molecule has 1 heterocycles. The summed E-state index contributed by atoms with van der Waals surface area (Å²) in [4.78, 5) is 3.67. The number of pyridine rings is 1. The van der Waals surface area contributed by atoms with E-state index in [0.717, 1.165) is 0 Å². The van der Waals surface area contributed by atoms with E-state index in [1.54, 1.807) is 0 Å². The molecule has 0 spiro atoms. The fourth-order valence-electron chi connectivity index (χ4n) is 2.03. The highest BCUT2D eigenvalue weighted by Crippen LogP contribution is 2.26. The number of rotatable bonds is 1. The maximum Gasteiger partial charge on any atom is 0.416 e. The van der Waals surface area contributed by atoms with Crippen LogP contribution in [0.4, 0.5) is 13.2 Å². The van der Waals surface area contributed by atoms with Crippen molar-refractivity contribution in [3.05, 3.63) is 17.7 Å². The summed E-state index contributed by atoms with van der Waals surface area (Å²) in [7, 11) is 33.6. The van der Waals surface area contributed by atoms with Crippen molar-refractivity contribution < 1.29 is 13.2 Å². The van der Waals surface area contributed by atoms with Crippen LogP contribution in [0.5, 0.6) is 0 Å². The van der Waals surface area contributed by atoms with Crippen molar-refractivity contribution in [1.82, 2.24) is 4.98 Å². The number of nitrogens with zero attached hydrogens (tertiary/aromatic N) is 1. The number of halogens is 3. The first-order valence-electron chi connectivity index (χ1n) is 5.90. The quantitative estimate of drug-likeness (QED) is 0.495. The maximum absolute atomic E-state index is 12.9. The summed E-state index contributed by atoms with van der Waals surface area (Å²) in [6, 6.07) is 2.77. The first-order chi connectivity index (χ1) is 10.0. The zero-order valence-electron chi connectivity index (χ0n) is 11.2. The van der Waals surface area contributed by atoms with Crippen molar-refractivity contribution in [3.8, 4) is 11.3 Å². The Hall–Kier alpha value is -1.45. The van der Waals surface area contributed by atoms with Gasteiger partial charge in [-0.2, -0.15) is 13.2 Å². The minimum absolute atomic E-state index is 0.0620. The third-order valence-electron chi connectivity index (χ3n) is 3.08. The number of benzene rings is 1. The monoisotopic (exact) mass is 283 g/mol. The molecule has 0 unspecified atom stereocenters. The van der Waals surface area contributed by atoms with Gasteiger partial charge in [0.1, 0.15) is 47.1 Å². The molecule has 0 N–H and O–H groups in total. The third-order valence-corrected chi connectivity index (χ3v) is 3.08. The van der Waals surface area contributed by atoms with Gasteiger partial charge < -0.3 is 0 Å². The van der Waals surface area contributed by atoms with Gasteiger partial charge in [-0.05, 0) is 11.2 Å². The van der Waals surface area contributed by atoms with Gasteiger partial charge in [-0.25, -0.2) is 0 Å². The zero-order chi connectivity index (χ0) is 16.8. The summed E-state index contributed by atoms with van der Waals surface area (Å²) in [5.74, 6) is 0. The Morgan fingerprint density at radius 1 is 0.818 bits per heavy atom. The molecule has 2 rings (SSSR count). The second-order valence-electron chi connectivity index (χ2n) is 4.62. The lowest BCUT2D eigenvalue weighted by Crippen LogP contribution is -2.44. The molecule has 22 heavy (non-hydrogen) atoms. The van der Waals surface area contributed by atoms with Gasteiger partial charge in [0.05, 0.1) is 11.3 Å². The third kappa shape index (κ3) is 2.88. The van der Waals surface area contributed by atoms with E-state index >= 15 is 0 Å². The van der Waals surface area contributed by atoms with E-state index in [-0.39, 0.29) is 27.6 Å². The molecular formula is C12H2B6F3N. The molecule has 0 aliphatic rings. The van der Waals surface area contributed by atoms with Crippen molar-refractivity contribution in [2.45, 2.75) is 6.18 Å². The Labute approximate surface area is 133 Å². The average Bonchev–Trinajstić information content (AvgIpc) is 2.36. The van der Waals surface area contributed by atoms with Crippen LogP contribution in [0.2, 0.25) is 0 Å². The molecule has 10 heteroatoms. The van der Waals surface area contributed by atoms with Gasteiger partial charge in [-0.15, -0.1) is 5.46 Å². The fourth-order valence-corrected chi connectivity index (χ4v) is 2.03. The standard InChI is InChI=1S/C12H2B6F3N/c13-3-1-4(7(15)5(14)2-3)10-9(17)8(16)6(11(18)22-10)12(19,20)21/h1-2H. The Balaban J connectivity index is 2.80. The first kappa shape index (κ1) is 16.9. The van der Waals surface area contributed by atoms with Crippen molar-refractivity contribution in [3.63, 3.8) is 0 Å². The minimum Gasteiger partial charge on any atom is -0.264 e. The van der Waals surface area contributed by atoms with E-state index in [9.17, 15) is 13.2 Å². The van der Waals surface area contributed by atoms with Gasteiger partial charge >= 0.3 is 6.18 Å². The molecular weight excluding hydrogens is 280 g/mol. The van der Waals surface area contributed by atoms with Crippen molar-refractivity contribution in [2.75, 3.05) is 0 Å². The Morgan fingerprint density at radius 3 is 1.95 bits per heavy atom. The topological polar surface area (TPSA) is 12.9 Å². The summed E-state index contributed by atoms with van der Waals surface area (Å²) >= 11 is 0. The van der Waals surface area contributed by atoms with Crippen molar-refractivity contribution in [1.29, 1.82) is 0 Å². The number of aromatic nitrogens is 1. The second kappa shape index (κ2) is 5.64. The normalized spacial score (nSPS) is 11.6. The molecule has 0 bridgehead atoms.